The van der Waals surface area contributed by atoms with Gasteiger partial charge in [0.2, 0.25) is 0 Å². The number of hydrogen-bond donors (Lipinski definition) is 2. The Kier molecular flexibility index (Phi) is 4.08. The molecule has 1 unspecified atom stereocenters. The molecular weight excluding hydrogens is 259 g/mol. The van der Waals surface area contributed by atoms with Gasteiger partial charge in [-0.2, -0.15) is 0 Å². The molecule has 0 aliphatic rings. The van der Waals surface area contributed by atoms with E-state index in [9.17, 15) is 9.18 Å². The number of nitrogens with two attached hydrogens (primary N) is 1. The number of nitrogens with one attached hydrogen (secondary N) is 1. The Hall–Kier alpha value is -2.30. The fraction of sp³-hybridized carbons (Fsp3) is 0.267. The topological polar surface area (TPSA) is 68.3 Å². The first-order valence-corrected chi connectivity index (χ1v) is 6.36. The van der Waals surface area contributed by atoms with Crippen LogP contribution in [0.3, 0.4) is 0 Å². The third-order valence-electron chi connectivity index (χ3n) is 3.11. The molecule has 1 heterocycles. The standard InChI is InChI=1S/C15H17FN2O2/c1-9(6-12-4-3-5-20-12)18-15(19)11-7-13(16)10(2)14(17)8-11/h3-5,7-9H,6,17H2,1-2H3,(H,18,19). The molecule has 106 valence electrons. The number of hydrogen-bond acceptors (Lipinski definition) is 3. The highest BCUT2D eigenvalue weighted by Crippen LogP contribution is 2.17. The quantitative estimate of drug-likeness (QED) is 0.844. The summed E-state index contributed by atoms with van der Waals surface area (Å²) in [6, 6.07) is 6.18. The van der Waals surface area contributed by atoms with Crippen LogP contribution in [0.4, 0.5) is 10.1 Å². The molecule has 0 aliphatic heterocycles. The van der Waals surface area contributed by atoms with Gasteiger partial charge >= 0.3 is 0 Å². The normalized spacial score (nSPS) is 12.2. The minimum atomic E-state index is -0.478. The lowest BCUT2D eigenvalue weighted by atomic mass is 10.1. The van der Waals surface area contributed by atoms with Crippen LogP contribution in [0.2, 0.25) is 0 Å². The van der Waals surface area contributed by atoms with Crippen molar-refractivity contribution in [3.63, 3.8) is 0 Å². The van der Waals surface area contributed by atoms with E-state index in [0.29, 0.717) is 12.0 Å². The van der Waals surface area contributed by atoms with Crippen molar-refractivity contribution in [2.75, 3.05) is 5.73 Å². The van der Waals surface area contributed by atoms with Gasteiger partial charge in [-0.1, -0.05) is 0 Å². The molecule has 0 spiro atoms. The van der Waals surface area contributed by atoms with Gasteiger partial charge in [-0.25, -0.2) is 4.39 Å². The van der Waals surface area contributed by atoms with Crippen LogP contribution in [-0.2, 0) is 6.42 Å². The second kappa shape index (κ2) is 5.77. The number of benzene rings is 1. The first kappa shape index (κ1) is 14.1. The van der Waals surface area contributed by atoms with Gasteiger partial charge in [0.25, 0.3) is 5.91 Å². The lowest BCUT2D eigenvalue weighted by Gasteiger charge is -2.13. The summed E-state index contributed by atoms with van der Waals surface area (Å²) in [4.78, 5) is 12.0. The van der Waals surface area contributed by atoms with Crippen LogP contribution in [0, 0.1) is 12.7 Å². The highest BCUT2D eigenvalue weighted by molar-refractivity contribution is 5.95. The lowest BCUT2D eigenvalue weighted by Crippen LogP contribution is -2.34. The summed E-state index contributed by atoms with van der Waals surface area (Å²) in [5.74, 6) is -0.0455. The first-order chi connectivity index (χ1) is 9.47. The Morgan fingerprint density at radius 3 is 2.85 bits per heavy atom. The number of furan rings is 1. The predicted molar refractivity (Wildman–Crippen MR) is 74.9 cm³/mol. The molecule has 3 N–H and O–H groups in total. The Balaban J connectivity index is 2.04. The summed E-state index contributed by atoms with van der Waals surface area (Å²) in [6.45, 7) is 3.43. The van der Waals surface area contributed by atoms with E-state index in [4.69, 9.17) is 10.2 Å². The summed E-state index contributed by atoms with van der Waals surface area (Å²) in [5, 5.41) is 2.79. The second-order valence-electron chi connectivity index (χ2n) is 4.83. The van der Waals surface area contributed by atoms with Gasteiger partial charge in [0, 0.05) is 29.3 Å². The Morgan fingerprint density at radius 2 is 2.25 bits per heavy atom. The van der Waals surface area contributed by atoms with Crippen molar-refractivity contribution in [3.8, 4) is 0 Å². The number of carbonyl (C=O) groups is 1. The molecule has 1 amide bonds. The third kappa shape index (κ3) is 3.17. The van der Waals surface area contributed by atoms with Crippen LogP contribution in [-0.4, -0.2) is 11.9 Å². The van der Waals surface area contributed by atoms with Gasteiger partial charge in [-0.05, 0) is 38.1 Å². The van der Waals surface area contributed by atoms with E-state index < -0.39 is 5.82 Å². The Bertz CT molecular complexity index is 585. The number of nitrogen functional groups attached to an aromatic ring is 1. The molecule has 2 aromatic rings. The molecule has 5 heteroatoms. The average Bonchev–Trinajstić information content (AvgIpc) is 2.87. The minimum absolute atomic E-state index is 0.126. The molecule has 0 aliphatic carbocycles. The number of carbonyl (C=O) groups excluding carboxylic acids is 1. The van der Waals surface area contributed by atoms with E-state index in [0.717, 1.165) is 5.76 Å². The van der Waals surface area contributed by atoms with Crippen LogP contribution in [0.1, 0.15) is 28.6 Å². The number of halogens is 1. The zero-order valence-corrected chi connectivity index (χ0v) is 11.4. The van der Waals surface area contributed by atoms with Crippen molar-refractivity contribution in [2.24, 2.45) is 0 Å². The zero-order valence-electron chi connectivity index (χ0n) is 11.4. The largest absolute Gasteiger partial charge is 0.469 e. The fourth-order valence-corrected chi connectivity index (χ4v) is 1.92. The number of amides is 1. The molecule has 1 aromatic heterocycles. The van der Waals surface area contributed by atoms with Crippen molar-refractivity contribution >= 4 is 11.6 Å². The maximum Gasteiger partial charge on any atom is 0.251 e. The summed E-state index contributed by atoms with van der Waals surface area (Å²) in [5.41, 5.74) is 6.51. The monoisotopic (exact) mass is 276 g/mol. The van der Waals surface area contributed by atoms with Gasteiger partial charge < -0.3 is 15.5 Å². The van der Waals surface area contributed by atoms with Crippen LogP contribution in [0.25, 0.3) is 0 Å². The van der Waals surface area contributed by atoms with Crippen molar-refractivity contribution < 1.29 is 13.6 Å². The number of anilines is 1. The van der Waals surface area contributed by atoms with E-state index in [-0.39, 0.29) is 23.2 Å². The molecule has 0 saturated carbocycles. The van der Waals surface area contributed by atoms with Crippen molar-refractivity contribution in [2.45, 2.75) is 26.3 Å². The molecule has 4 nitrogen and oxygen atoms in total. The van der Waals surface area contributed by atoms with E-state index in [2.05, 4.69) is 5.32 Å². The summed E-state index contributed by atoms with van der Waals surface area (Å²) < 4.78 is 18.8. The van der Waals surface area contributed by atoms with E-state index in [1.165, 1.54) is 12.1 Å². The second-order valence-corrected chi connectivity index (χ2v) is 4.83. The molecule has 0 saturated heterocycles. The summed E-state index contributed by atoms with van der Waals surface area (Å²) in [7, 11) is 0. The van der Waals surface area contributed by atoms with E-state index in [1.807, 2.05) is 13.0 Å². The third-order valence-corrected chi connectivity index (χ3v) is 3.11. The van der Waals surface area contributed by atoms with Crippen molar-refractivity contribution in [3.05, 3.63) is 53.2 Å². The number of rotatable bonds is 4. The first-order valence-electron chi connectivity index (χ1n) is 6.36. The van der Waals surface area contributed by atoms with Gasteiger partial charge in [-0.15, -0.1) is 0 Å². The van der Waals surface area contributed by atoms with Gasteiger partial charge in [0.05, 0.1) is 6.26 Å². The van der Waals surface area contributed by atoms with Crippen LogP contribution >= 0.6 is 0 Å². The molecule has 1 atom stereocenters. The summed E-state index contributed by atoms with van der Waals surface area (Å²) in [6.07, 6.45) is 2.16. The minimum Gasteiger partial charge on any atom is -0.469 e. The molecule has 0 radical (unpaired) electrons. The van der Waals surface area contributed by atoms with Crippen molar-refractivity contribution in [1.82, 2.24) is 5.32 Å². The lowest BCUT2D eigenvalue weighted by molar-refractivity contribution is 0.0939. The highest BCUT2D eigenvalue weighted by Gasteiger charge is 2.14. The molecule has 0 bridgehead atoms. The van der Waals surface area contributed by atoms with E-state index in [1.54, 1.807) is 19.3 Å². The predicted octanol–water partition coefficient (Wildman–Crippen LogP) is 2.67. The SMILES string of the molecule is Cc1c(N)cc(C(=O)NC(C)Cc2ccco2)cc1F. The highest BCUT2D eigenvalue weighted by atomic mass is 19.1. The molecule has 20 heavy (non-hydrogen) atoms. The smallest absolute Gasteiger partial charge is 0.251 e. The molecular formula is C15H17FN2O2. The molecule has 0 fully saturated rings. The Labute approximate surface area is 116 Å². The zero-order chi connectivity index (χ0) is 14.7. The Morgan fingerprint density at radius 1 is 1.50 bits per heavy atom. The van der Waals surface area contributed by atoms with Gasteiger partial charge in [0.15, 0.2) is 0 Å². The summed E-state index contributed by atoms with van der Waals surface area (Å²) >= 11 is 0. The van der Waals surface area contributed by atoms with Gasteiger partial charge in [0.1, 0.15) is 11.6 Å². The molecule has 2 rings (SSSR count). The van der Waals surface area contributed by atoms with Crippen LogP contribution in [0.15, 0.2) is 34.9 Å². The van der Waals surface area contributed by atoms with Crippen LogP contribution < -0.4 is 11.1 Å². The van der Waals surface area contributed by atoms with Crippen LogP contribution in [0.5, 0.6) is 0 Å². The van der Waals surface area contributed by atoms with Gasteiger partial charge in [-0.3, -0.25) is 4.79 Å². The maximum absolute atomic E-state index is 13.6. The maximum atomic E-state index is 13.6. The molecule has 1 aromatic carbocycles. The average molecular weight is 276 g/mol. The van der Waals surface area contributed by atoms with Crippen molar-refractivity contribution in [1.29, 1.82) is 0 Å². The van der Waals surface area contributed by atoms with E-state index >= 15 is 0 Å². The fourth-order valence-electron chi connectivity index (χ4n) is 1.92.